The van der Waals surface area contributed by atoms with E-state index in [1.54, 1.807) is 0 Å². The average Bonchev–Trinajstić information content (AvgIpc) is 2.52. The van der Waals surface area contributed by atoms with Crippen LogP contribution in [0, 0.1) is 5.92 Å². The normalized spacial score (nSPS) is 22.4. The van der Waals surface area contributed by atoms with E-state index in [4.69, 9.17) is 5.11 Å². The van der Waals surface area contributed by atoms with E-state index in [2.05, 4.69) is 11.8 Å². The van der Waals surface area contributed by atoms with Crippen LogP contribution in [0.2, 0.25) is 0 Å². The minimum Gasteiger partial charge on any atom is -0.396 e. The maximum Gasteiger partial charge on any atom is 0.0471 e. The minimum atomic E-state index is 0.354. The predicted octanol–water partition coefficient (Wildman–Crippen LogP) is 1.10. The van der Waals surface area contributed by atoms with Gasteiger partial charge < -0.3 is 10.0 Å². The number of hydrogen-bond acceptors (Lipinski definition) is 2. The van der Waals surface area contributed by atoms with E-state index in [0.717, 1.165) is 13.0 Å². The predicted molar refractivity (Wildman–Crippen MR) is 46.5 cm³/mol. The number of aliphatic hydroxyl groups is 1. The highest BCUT2D eigenvalue weighted by molar-refractivity contribution is 4.69. The molecule has 1 N–H and O–H groups in total. The molecule has 0 spiro atoms. The molecule has 1 aliphatic rings. The number of rotatable bonds is 4. The highest BCUT2D eigenvalue weighted by atomic mass is 16.3. The molecule has 66 valence electrons. The Labute approximate surface area is 69.2 Å². The maximum absolute atomic E-state index is 8.96. The topological polar surface area (TPSA) is 23.5 Å². The SMILES string of the molecule is CCC(CO)CN1CCCC1. The van der Waals surface area contributed by atoms with Crippen LogP contribution in [0.3, 0.4) is 0 Å². The van der Waals surface area contributed by atoms with Crippen molar-refractivity contribution in [1.82, 2.24) is 4.90 Å². The molecule has 0 radical (unpaired) electrons. The molecule has 1 rings (SSSR count). The summed E-state index contributed by atoms with van der Waals surface area (Å²) in [4.78, 5) is 2.46. The first-order chi connectivity index (χ1) is 5.36. The van der Waals surface area contributed by atoms with Gasteiger partial charge in [-0.05, 0) is 38.3 Å². The van der Waals surface area contributed by atoms with E-state index in [1.165, 1.54) is 25.9 Å². The number of nitrogens with zero attached hydrogens (tertiary/aromatic N) is 1. The third kappa shape index (κ3) is 2.80. The van der Waals surface area contributed by atoms with Gasteiger partial charge in [0.15, 0.2) is 0 Å². The van der Waals surface area contributed by atoms with Crippen LogP contribution in [-0.2, 0) is 0 Å². The van der Waals surface area contributed by atoms with Crippen molar-refractivity contribution >= 4 is 0 Å². The van der Waals surface area contributed by atoms with Crippen molar-refractivity contribution in [1.29, 1.82) is 0 Å². The van der Waals surface area contributed by atoms with Gasteiger partial charge in [0, 0.05) is 13.2 Å². The van der Waals surface area contributed by atoms with Gasteiger partial charge in [0.1, 0.15) is 0 Å². The zero-order chi connectivity index (χ0) is 8.10. The lowest BCUT2D eigenvalue weighted by atomic mass is 10.1. The first-order valence-electron chi connectivity index (χ1n) is 4.70. The molecule has 2 heteroatoms. The molecule has 1 atom stereocenters. The Hall–Kier alpha value is -0.0800. The molecular weight excluding hydrogens is 138 g/mol. The second-order valence-electron chi connectivity index (χ2n) is 3.46. The van der Waals surface area contributed by atoms with Crippen LogP contribution in [0.4, 0.5) is 0 Å². The van der Waals surface area contributed by atoms with Crippen LogP contribution in [0.5, 0.6) is 0 Å². The molecule has 1 heterocycles. The Bertz CT molecular complexity index is 95.7. The Morgan fingerprint density at radius 1 is 1.36 bits per heavy atom. The third-order valence-corrected chi connectivity index (χ3v) is 2.55. The van der Waals surface area contributed by atoms with E-state index >= 15 is 0 Å². The lowest BCUT2D eigenvalue weighted by Crippen LogP contribution is -2.28. The summed E-state index contributed by atoms with van der Waals surface area (Å²) in [6, 6.07) is 0. The monoisotopic (exact) mass is 157 g/mol. The molecule has 0 bridgehead atoms. The molecule has 1 fully saturated rings. The molecule has 0 saturated carbocycles. The average molecular weight is 157 g/mol. The lowest BCUT2D eigenvalue weighted by Gasteiger charge is -2.20. The van der Waals surface area contributed by atoms with Crippen LogP contribution in [0.1, 0.15) is 26.2 Å². The van der Waals surface area contributed by atoms with Gasteiger partial charge in [-0.1, -0.05) is 6.92 Å². The van der Waals surface area contributed by atoms with E-state index < -0.39 is 0 Å². The van der Waals surface area contributed by atoms with Gasteiger partial charge in [0.25, 0.3) is 0 Å². The minimum absolute atomic E-state index is 0.354. The summed E-state index contributed by atoms with van der Waals surface area (Å²) in [5.74, 6) is 0.507. The molecule has 1 unspecified atom stereocenters. The van der Waals surface area contributed by atoms with Crippen LogP contribution in [-0.4, -0.2) is 36.2 Å². The number of likely N-dealkylation sites (tertiary alicyclic amines) is 1. The molecule has 1 saturated heterocycles. The second kappa shape index (κ2) is 4.73. The Kier molecular flexibility index (Phi) is 3.87. The van der Waals surface area contributed by atoms with Gasteiger partial charge in [0.05, 0.1) is 0 Å². The van der Waals surface area contributed by atoms with Gasteiger partial charge in [-0.25, -0.2) is 0 Å². The zero-order valence-electron chi connectivity index (χ0n) is 7.42. The van der Waals surface area contributed by atoms with Crippen molar-refractivity contribution in [2.45, 2.75) is 26.2 Å². The summed E-state index contributed by atoms with van der Waals surface area (Å²) in [6.45, 7) is 6.10. The van der Waals surface area contributed by atoms with Gasteiger partial charge in [-0.2, -0.15) is 0 Å². The van der Waals surface area contributed by atoms with Crippen molar-refractivity contribution in [2.24, 2.45) is 5.92 Å². The molecule has 1 aliphatic heterocycles. The highest BCUT2D eigenvalue weighted by Gasteiger charge is 2.15. The van der Waals surface area contributed by atoms with E-state index in [-0.39, 0.29) is 0 Å². The van der Waals surface area contributed by atoms with Crippen molar-refractivity contribution in [2.75, 3.05) is 26.2 Å². The van der Waals surface area contributed by atoms with Gasteiger partial charge in [0.2, 0.25) is 0 Å². The fourth-order valence-corrected chi connectivity index (χ4v) is 1.65. The molecular formula is C9H19NO. The van der Waals surface area contributed by atoms with Crippen molar-refractivity contribution < 1.29 is 5.11 Å². The van der Waals surface area contributed by atoms with E-state index in [9.17, 15) is 0 Å². The fourth-order valence-electron chi connectivity index (χ4n) is 1.65. The van der Waals surface area contributed by atoms with E-state index in [1.807, 2.05) is 0 Å². The van der Waals surface area contributed by atoms with Gasteiger partial charge in [-0.15, -0.1) is 0 Å². The summed E-state index contributed by atoms with van der Waals surface area (Å²) >= 11 is 0. The quantitative estimate of drug-likeness (QED) is 0.660. The molecule has 0 aromatic heterocycles. The largest absolute Gasteiger partial charge is 0.396 e. The first kappa shape index (κ1) is 9.01. The Balaban J connectivity index is 2.16. The standard InChI is InChI=1S/C9H19NO/c1-2-9(8-11)7-10-5-3-4-6-10/h9,11H,2-8H2,1H3. The number of aliphatic hydroxyl groups excluding tert-OH is 1. The number of hydrogen-bond donors (Lipinski definition) is 1. The van der Waals surface area contributed by atoms with Crippen molar-refractivity contribution in [3.05, 3.63) is 0 Å². The summed E-state index contributed by atoms with van der Waals surface area (Å²) in [5.41, 5.74) is 0. The van der Waals surface area contributed by atoms with Crippen molar-refractivity contribution in [3.8, 4) is 0 Å². The second-order valence-corrected chi connectivity index (χ2v) is 3.46. The summed E-state index contributed by atoms with van der Waals surface area (Å²) < 4.78 is 0. The van der Waals surface area contributed by atoms with Crippen molar-refractivity contribution in [3.63, 3.8) is 0 Å². The van der Waals surface area contributed by atoms with Crippen LogP contribution in [0.15, 0.2) is 0 Å². The molecule has 0 aromatic rings. The molecule has 11 heavy (non-hydrogen) atoms. The zero-order valence-corrected chi connectivity index (χ0v) is 7.42. The van der Waals surface area contributed by atoms with Crippen LogP contribution in [0.25, 0.3) is 0 Å². The lowest BCUT2D eigenvalue weighted by molar-refractivity contribution is 0.176. The smallest absolute Gasteiger partial charge is 0.0471 e. The summed E-state index contributed by atoms with van der Waals surface area (Å²) in [5, 5.41) is 8.96. The fraction of sp³-hybridized carbons (Fsp3) is 1.00. The van der Waals surface area contributed by atoms with Crippen LogP contribution < -0.4 is 0 Å². The molecule has 2 nitrogen and oxygen atoms in total. The molecule has 0 aliphatic carbocycles. The van der Waals surface area contributed by atoms with E-state index in [0.29, 0.717) is 12.5 Å². The molecule has 0 aromatic carbocycles. The van der Waals surface area contributed by atoms with Crippen LogP contribution >= 0.6 is 0 Å². The summed E-state index contributed by atoms with van der Waals surface area (Å²) in [6.07, 6.45) is 3.80. The Morgan fingerprint density at radius 3 is 2.45 bits per heavy atom. The first-order valence-corrected chi connectivity index (χ1v) is 4.70. The highest BCUT2D eigenvalue weighted by Crippen LogP contribution is 2.11. The van der Waals surface area contributed by atoms with Gasteiger partial charge in [-0.3, -0.25) is 0 Å². The third-order valence-electron chi connectivity index (χ3n) is 2.55. The maximum atomic E-state index is 8.96. The Morgan fingerprint density at radius 2 is 2.00 bits per heavy atom. The van der Waals surface area contributed by atoms with Gasteiger partial charge >= 0.3 is 0 Å². The summed E-state index contributed by atoms with van der Waals surface area (Å²) in [7, 11) is 0. The molecule has 0 amide bonds.